The van der Waals surface area contributed by atoms with Crippen molar-refractivity contribution < 1.29 is 23.9 Å². The number of hydrogen-bond acceptors (Lipinski definition) is 7. The SMILES string of the molecule is CC(C)CC(=O)CC(=O)N1CCN(CC(C)C)CC1.CC(C)COCCC(=O)CC(=O)N1CCN(CC(C)C)CC1. The third-order valence-corrected chi connectivity index (χ3v) is 7.01. The first-order valence-corrected chi connectivity index (χ1v) is 15.9. The minimum atomic E-state index is -0.0296. The van der Waals surface area contributed by atoms with E-state index in [1.165, 1.54) is 0 Å². The van der Waals surface area contributed by atoms with Gasteiger partial charge in [0, 0.05) is 84.9 Å². The van der Waals surface area contributed by atoms with Gasteiger partial charge >= 0.3 is 0 Å². The average molecular weight is 581 g/mol. The number of hydrogen-bond donors (Lipinski definition) is 0. The Bertz CT molecular complexity index is 783. The van der Waals surface area contributed by atoms with E-state index >= 15 is 0 Å². The molecule has 2 heterocycles. The van der Waals surface area contributed by atoms with Crippen molar-refractivity contribution in [3.05, 3.63) is 0 Å². The molecule has 2 aliphatic rings. The van der Waals surface area contributed by atoms with Gasteiger partial charge in [0.2, 0.25) is 11.8 Å². The van der Waals surface area contributed by atoms with Crippen LogP contribution in [0.5, 0.6) is 0 Å². The van der Waals surface area contributed by atoms with Gasteiger partial charge in [-0.05, 0) is 23.7 Å². The lowest BCUT2D eigenvalue weighted by Crippen LogP contribution is -2.49. The molecule has 0 radical (unpaired) electrons. The molecule has 0 atom stereocenters. The first-order valence-electron chi connectivity index (χ1n) is 15.9. The highest BCUT2D eigenvalue weighted by atomic mass is 16.5. The summed E-state index contributed by atoms with van der Waals surface area (Å²) >= 11 is 0. The first kappa shape index (κ1) is 37.2. The van der Waals surface area contributed by atoms with E-state index in [1.807, 2.05) is 23.6 Å². The molecular weight excluding hydrogens is 520 g/mol. The van der Waals surface area contributed by atoms with E-state index in [4.69, 9.17) is 4.74 Å². The molecule has 2 aliphatic heterocycles. The van der Waals surface area contributed by atoms with Gasteiger partial charge in [-0.15, -0.1) is 0 Å². The van der Waals surface area contributed by atoms with Crippen molar-refractivity contribution in [1.82, 2.24) is 19.6 Å². The van der Waals surface area contributed by atoms with Gasteiger partial charge in [0.25, 0.3) is 0 Å². The molecular formula is C32H60N4O5. The second-order valence-corrected chi connectivity index (χ2v) is 13.4. The molecule has 238 valence electrons. The molecule has 2 fully saturated rings. The Hall–Kier alpha value is -1.84. The molecule has 0 bridgehead atoms. The summed E-state index contributed by atoms with van der Waals surface area (Å²) in [5.74, 6) is 2.16. The maximum atomic E-state index is 12.1. The van der Waals surface area contributed by atoms with Gasteiger partial charge in [-0.3, -0.25) is 29.0 Å². The Morgan fingerprint density at radius 1 is 0.561 bits per heavy atom. The zero-order valence-electron chi connectivity index (χ0n) is 27.5. The fraction of sp³-hybridized carbons (Fsp3) is 0.875. The minimum absolute atomic E-state index is 0.00912. The Labute approximate surface area is 250 Å². The van der Waals surface area contributed by atoms with E-state index in [9.17, 15) is 19.2 Å². The van der Waals surface area contributed by atoms with Gasteiger partial charge in [0.05, 0.1) is 19.4 Å². The van der Waals surface area contributed by atoms with Crippen molar-refractivity contribution in [2.24, 2.45) is 23.7 Å². The maximum Gasteiger partial charge on any atom is 0.230 e. The second-order valence-electron chi connectivity index (χ2n) is 13.4. The topological polar surface area (TPSA) is 90.5 Å². The fourth-order valence-corrected chi connectivity index (χ4v) is 5.07. The lowest BCUT2D eigenvalue weighted by Gasteiger charge is -2.35. The van der Waals surface area contributed by atoms with Crippen molar-refractivity contribution in [1.29, 1.82) is 0 Å². The highest BCUT2D eigenvalue weighted by Crippen LogP contribution is 2.10. The van der Waals surface area contributed by atoms with Crippen molar-refractivity contribution in [3.63, 3.8) is 0 Å². The molecule has 0 unspecified atom stereocenters. The number of nitrogens with zero attached hydrogens (tertiary/aromatic N) is 4. The van der Waals surface area contributed by atoms with Gasteiger partial charge in [0.15, 0.2) is 0 Å². The van der Waals surface area contributed by atoms with Gasteiger partial charge < -0.3 is 14.5 Å². The number of carbonyl (C=O) groups excluding carboxylic acids is 4. The summed E-state index contributed by atoms with van der Waals surface area (Å²) in [5.41, 5.74) is 0. The van der Waals surface area contributed by atoms with Crippen LogP contribution >= 0.6 is 0 Å². The number of rotatable bonds is 15. The third kappa shape index (κ3) is 17.7. The summed E-state index contributed by atoms with van der Waals surface area (Å²) in [5, 5.41) is 0. The highest BCUT2D eigenvalue weighted by Gasteiger charge is 2.24. The van der Waals surface area contributed by atoms with E-state index in [2.05, 4.69) is 51.3 Å². The molecule has 2 saturated heterocycles. The molecule has 0 aromatic heterocycles. The number of carbonyl (C=O) groups is 4. The molecule has 0 aromatic carbocycles. The first-order chi connectivity index (χ1) is 19.3. The number of ether oxygens (including phenoxy) is 1. The van der Waals surface area contributed by atoms with Crippen LogP contribution in [0.1, 0.15) is 81.1 Å². The number of Topliss-reactive ketones (excluding diaryl/α,β-unsaturated/α-hetero) is 2. The number of amides is 2. The Morgan fingerprint density at radius 3 is 1.34 bits per heavy atom. The van der Waals surface area contributed by atoms with Crippen LogP contribution in [-0.2, 0) is 23.9 Å². The molecule has 0 spiro atoms. The Kier molecular flexibility index (Phi) is 18.3. The lowest BCUT2D eigenvalue weighted by atomic mass is 10.0. The normalized spacial score (nSPS) is 16.9. The molecule has 2 amide bonds. The van der Waals surface area contributed by atoms with Gasteiger partial charge in [-0.25, -0.2) is 0 Å². The summed E-state index contributed by atoms with van der Waals surface area (Å²) < 4.78 is 5.39. The Morgan fingerprint density at radius 2 is 0.976 bits per heavy atom. The second kappa shape index (κ2) is 20.1. The summed E-state index contributed by atoms with van der Waals surface area (Å²) in [6.07, 6.45) is 0.961. The van der Waals surface area contributed by atoms with Crippen molar-refractivity contribution in [3.8, 4) is 0 Å². The molecule has 0 aromatic rings. The lowest BCUT2D eigenvalue weighted by molar-refractivity contribution is -0.138. The highest BCUT2D eigenvalue weighted by molar-refractivity contribution is 5.98. The van der Waals surface area contributed by atoms with Crippen LogP contribution < -0.4 is 0 Å². The molecule has 0 saturated carbocycles. The van der Waals surface area contributed by atoms with Gasteiger partial charge in [-0.2, -0.15) is 0 Å². The van der Waals surface area contributed by atoms with Gasteiger partial charge in [0.1, 0.15) is 11.6 Å². The number of ketones is 2. The summed E-state index contributed by atoms with van der Waals surface area (Å²) in [4.78, 5) is 56.0. The minimum Gasteiger partial charge on any atom is -0.381 e. The van der Waals surface area contributed by atoms with Gasteiger partial charge in [-0.1, -0.05) is 55.4 Å². The molecule has 0 N–H and O–H groups in total. The van der Waals surface area contributed by atoms with Crippen LogP contribution in [-0.4, -0.2) is 122 Å². The number of piperazine rings is 2. The van der Waals surface area contributed by atoms with Crippen LogP contribution in [0.4, 0.5) is 0 Å². The van der Waals surface area contributed by atoms with E-state index in [0.717, 1.165) is 65.4 Å². The molecule has 0 aliphatic carbocycles. The standard InChI is InChI=1S/C17H32N2O3.C15H28N2O2/c1-14(2)12-18-6-8-19(9-7-18)17(21)11-16(20)5-10-22-13-15(3)4;1-12(2)9-14(18)10-15(19)17-7-5-16(6-8-17)11-13(3)4/h14-15H,5-13H2,1-4H3;12-13H,5-11H2,1-4H3. The van der Waals surface area contributed by atoms with Crippen molar-refractivity contribution >= 4 is 23.4 Å². The predicted molar refractivity (Wildman–Crippen MR) is 165 cm³/mol. The van der Waals surface area contributed by atoms with Crippen molar-refractivity contribution in [2.45, 2.75) is 81.1 Å². The van der Waals surface area contributed by atoms with E-state index in [-0.39, 0.29) is 36.2 Å². The summed E-state index contributed by atoms with van der Waals surface area (Å²) in [7, 11) is 0. The van der Waals surface area contributed by atoms with Crippen LogP contribution in [0.3, 0.4) is 0 Å². The smallest absolute Gasteiger partial charge is 0.230 e. The average Bonchev–Trinajstić information content (AvgIpc) is 2.86. The van der Waals surface area contributed by atoms with E-state index in [1.54, 1.807) is 0 Å². The zero-order chi connectivity index (χ0) is 30.9. The summed E-state index contributed by atoms with van der Waals surface area (Å²) in [6, 6.07) is 0. The monoisotopic (exact) mass is 580 g/mol. The maximum absolute atomic E-state index is 12.1. The zero-order valence-corrected chi connectivity index (χ0v) is 27.5. The predicted octanol–water partition coefficient (Wildman–Crippen LogP) is 3.60. The molecule has 9 nitrogen and oxygen atoms in total. The molecule has 41 heavy (non-hydrogen) atoms. The van der Waals surface area contributed by atoms with Crippen LogP contribution in [0.2, 0.25) is 0 Å². The largest absolute Gasteiger partial charge is 0.381 e. The van der Waals surface area contributed by atoms with Crippen LogP contribution in [0.15, 0.2) is 0 Å². The third-order valence-electron chi connectivity index (χ3n) is 7.01. The van der Waals surface area contributed by atoms with Crippen LogP contribution in [0, 0.1) is 23.7 Å². The fourth-order valence-electron chi connectivity index (χ4n) is 5.07. The van der Waals surface area contributed by atoms with Crippen LogP contribution in [0.25, 0.3) is 0 Å². The summed E-state index contributed by atoms with van der Waals surface area (Å²) in [6.45, 7) is 26.9. The van der Waals surface area contributed by atoms with Crippen molar-refractivity contribution in [2.75, 3.05) is 78.7 Å². The Balaban J connectivity index is 0.000000414. The molecule has 9 heteroatoms. The van der Waals surface area contributed by atoms with E-state index < -0.39 is 0 Å². The quantitative estimate of drug-likeness (QED) is 0.216. The van der Waals surface area contributed by atoms with E-state index in [0.29, 0.717) is 49.7 Å². The molecule has 2 rings (SSSR count).